The molecule has 1 amide bonds. The van der Waals surface area contributed by atoms with Crippen molar-refractivity contribution in [2.45, 2.75) is 51.1 Å². The van der Waals surface area contributed by atoms with Gasteiger partial charge in [-0.25, -0.2) is 5.01 Å². The molecule has 1 saturated carbocycles. The van der Waals surface area contributed by atoms with Gasteiger partial charge in [0.25, 0.3) is 5.91 Å². The highest BCUT2D eigenvalue weighted by Crippen LogP contribution is 2.39. The van der Waals surface area contributed by atoms with E-state index in [-0.39, 0.29) is 5.91 Å². The summed E-state index contributed by atoms with van der Waals surface area (Å²) in [5.41, 5.74) is 0.265. The first-order valence-electron chi connectivity index (χ1n) is 8.76. The molecule has 0 unspecified atom stereocenters. The summed E-state index contributed by atoms with van der Waals surface area (Å²) in [5.74, 6) is 0.888. The van der Waals surface area contributed by atoms with Crippen LogP contribution in [0.1, 0.15) is 45.4 Å². The maximum absolute atomic E-state index is 12.9. The Morgan fingerprint density at radius 3 is 2.83 bits per heavy atom. The molecule has 0 aromatic heterocycles. The van der Waals surface area contributed by atoms with Crippen molar-refractivity contribution in [2.75, 3.05) is 5.75 Å². The molecular formula is C18H22N4OS. The molecule has 6 heteroatoms. The topological polar surface area (TPSA) is 57.1 Å². The number of para-hydroxylation sites is 1. The number of benzene rings is 1. The number of amides is 1. The number of nitrogens with one attached hydrogen (secondary N) is 1. The predicted molar refractivity (Wildman–Crippen MR) is 96.6 cm³/mol. The Morgan fingerprint density at radius 2 is 2.04 bits per heavy atom. The molecule has 4 rings (SSSR count). The van der Waals surface area contributed by atoms with Crippen LogP contribution in [-0.4, -0.2) is 27.5 Å². The van der Waals surface area contributed by atoms with Crippen molar-refractivity contribution in [3.8, 4) is 0 Å². The monoisotopic (exact) mass is 342 g/mol. The van der Waals surface area contributed by atoms with E-state index in [4.69, 9.17) is 10.1 Å². The molecule has 1 aliphatic carbocycles. The lowest BCUT2D eigenvalue weighted by atomic mass is 9.87. The zero-order chi connectivity index (χ0) is 16.6. The Labute approximate surface area is 145 Å². The fourth-order valence-corrected chi connectivity index (χ4v) is 4.41. The summed E-state index contributed by atoms with van der Waals surface area (Å²) in [4.78, 5) is 17.9. The van der Waals surface area contributed by atoms with Crippen molar-refractivity contribution in [1.82, 2.24) is 10.3 Å². The summed E-state index contributed by atoms with van der Waals surface area (Å²) in [6.07, 6.45) is 6.44. The number of fused-ring (bicyclic) bond motifs is 3. The van der Waals surface area contributed by atoms with Gasteiger partial charge in [0.2, 0.25) is 0 Å². The van der Waals surface area contributed by atoms with E-state index in [2.05, 4.69) is 12.2 Å². The zero-order valence-corrected chi connectivity index (χ0v) is 14.7. The van der Waals surface area contributed by atoms with Gasteiger partial charge in [-0.1, -0.05) is 43.3 Å². The molecule has 24 heavy (non-hydrogen) atoms. The third-order valence-electron chi connectivity index (χ3n) is 4.82. The van der Waals surface area contributed by atoms with Crippen molar-refractivity contribution >= 4 is 28.5 Å². The van der Waals surface area contributed by atoms with Crippen LogP contribution in [0.3, 0.4) is 0 Å². The molecule has 5 nitrogen and oxygen atoms in total. The van der Waals surface area contributed by atoms with Gasteiger partial charge in [0.15, 0.2) is 10.8 Å². The molecule has 0 radical (unpaired) electrons. The van der Waals surface area contributed by atoms with Crippen LogP contribution in [0.2, 0.25) is 0 Å². The van der Waals surface area contributed by atoms with Crippen LogP contribution in [0.4, 0.5) is 0 Å². The number of carbonyl (C=O) groups excluding carboxylic acids is 1. The van der Waals surface area contributed by atoms with Gasteiger partial charge in [-0.3, -0.25) is 15.1 Å². The fourth-order valence-electron chi connectivity index (χ4n) is 3.70. The van der Waals surface area contributed by atoms with E-state index in [1.165, 1.54) is 6.42 Å². The summed E-state index contributed by atoms with van der Waals surface area (Å²) >= 11 is 1.61. The summed E-state index contributed by atoms with van der Waals surface area (Å²) < 4.78 is 0. The number of hydrazone groups is 1. The van der Waals surface area contributed by atoms with E-state index in [0.717, 1.165) is 48.4 Å². The van der Waals surface area contributed by atoms with E-state index in [1.54, 1.807) is 11.8 Å². The van der Waals surface area contributed by atoms with E-state index < -0.39 is 5.66 Å². The molecule has 3 aliphatic rings. The fraction of sp³-hybridized carbons (Fsp3) is 0.500. The minimum atomic E-state index is -0.391. The third kappa shape index (κ3) is 2.53. The highest BCUT2D eigenvalue weighted by molar-refractivity contribution is 8.13. The normalized spacial score (nSPS) is 21.5. The van der Waals surface area contributed by atoms with Crippen molar-refractivity contribution in [3.63, 3.8) is 0 Å². The molecule has 1 N–H and O–H groups in total. The third-order valence-corrected chi connectivity index (χ3v) is 5.89. The van der Waals surface area contributed by atoms with Gasteiger partial charge in [0.05, 0.1) is 5.36 Å². The quantitative estimate of drug-likeness (QED) is 0.893. The number of hydrogen-bond donors (Lipinski definition) is 1. The largest absolute Gasteiger partial charge is 0.298 e. The first-order valence-corrected chi connectivity index (χ1v) is 9.74. The molecule has 1 aromatic rings. The van der Waals surface area contributed by atoms with Crippen LogP contribution in [0.5, 0.6) is 0 Å². The Hall–Kier alpha value is -1.82. The van der Waals surface area contributed by atoms with Gasteiger partial charge in [0, 0.05) is 11.0 Å². The Kier molecular flexibility index (Phi) is 4.08. The first-order chi connectivity index (χ1) is 11.7. The second-order valence-electron chi connectivity index (χ2n) is 6.54. The SMILES string of the molecule is CCCSC1=NN2C(=c3ccccc3=NC23CCCCC3)C(=O)N1. The minimum absolute atomic E-state index is 0.0594. The van der Waals surface area contributed by atoms with Gasteiger partial charge in [-0.05, 0) is 38.2 Å². The standard InChI is InChI=1S/C18H22N4OS/c1-2-12-24-17-19-16(23)15-13-8-4-5-9-14(13)20-18(22(15)21-17)10-6-3-7-11-18/h4-5,8-9H,2-3,6-7,10-12H2,1H3,(H,19,21,23). The lowest BCUT2D eigenvalue weighted by Gasteiger charge is -2.45. The number of carbonyl (C=O) groups is 1. The maximum atomic E-state index is 12.9. The van der Waals surface area contributed by atoms with Gasteiger partial charge < -0.3 is 0 Å². The second kappa shape index (κ2) is 6.24. The summed E-state index contributed by atoms with van der Waals surface area (Å²) in [5, 5.41) is 12.2. The van der Waals surface area contributed by atoms with E-state index in [1.807, 2.05) is 29.3 Å². The molecule has 126 valence electrons. The van der Waals surface area contributed by atoms with Crippen molar-refractivity contribution in [1.29, 1.82) is 0 Å². The van der Waals surface area contributed by atoms with E-state index in [0.29, 0.717) is 10.9 Å². The predicted octanol–water partition coefficient (Wildman–Crippen LogP) is 1.93. The van der Waals surface area contributed by atoms with Gasteiger partial charge in [0.1, 0.15) is 5.70 Å². The number of amidine groups is 1. The number of hydrogen-bond acceptors (Lipinski definition) is 5. The molecule has 0 atom stereocenters. The number of rotatable bonds is 2. The lowest BCUT2D eigenvalue weighted by molar-refractivity contribution is -0.116. The molecule has 2 aliphatic heterocycles. The van der Waals surface area contributed by atoms with Crippen molar-refractivity contribution in [3.05, 3.63) is 34.8 Å². The molecule has 1 fully saturated rings. The van der Waals surface area contributed by atoms with Gasteiger partial charge in [-0.2, -0.15) is 0 Å². The smallest absolute Gasteiger partial charge is 0.276 e. The van der Waals surface area contributed by atoms with Crippen LogP contribution in [0.25, 0.3) is 5.70 Å². The highest BCUT2D eigenvalue weighted by atomic mass is 32.2. The number of thioether (sulfide) groups is 1. The minimum Gasteiger partial charge on any atom is -0.298 e. The van der Waals surface area contributed by atoms with Crippen LogP contribution >= 0.6 is 11.8 Å². The molecule has 0 saturated heterocycles. The Bertz CT molecular complexity index is 811. The van der Waals surface area contributed by atoms with Crippen molar-refractivity contribution < 1.29 is 4.79 Å². The van der Waals surface area contributed by atoms with Crippen LogP contribution in [-0.2, 0) is 4.79 Å². The van der Waals surface area contributed by atoms with E-state index >= 15 is 0 Å². The average Bonchev–Trinajstić information content (AvgIpc) is 2.61. The first kappa shape index (κ1) is 15.7. The molecular weight excluding hydrogens is 320 g/mol. The molecule has 1 aromatic carbocycles. The Balaban J connectivity index is 1.89. The van der Waals surface area contributed by atoms with E-state index in [9.17, 15) is 4.79 Å². The van der Waals surface area contributed by atoms with Gasteiger partial charge >= 0.3 is 0 Å². The van der Waals surface area contributed by atoms with Crippen LogP contribution < -0.4 is 15.9 Å². The summed E-state index contributed by atoms with van der Waals surface area (Å²) in [6, 6.07) is 7.92. The van der Waals surface area contributed by atoms with Crippen molar-refractivity contribution in [2.24, 2.45) is 10.1 Å². The highest BCUT2D eigenvalue weighted by Gasteiger charge is 2.45. The molecule has 2 heterocycles. The second-order valence-corrected chi connectivity index (χ2v) is 7.62. The average molecular weight is 342 g/mol. The Morgan fingerprint density at radius 1 is 1.25 bits per heavy atom. The summed E-state index contributed by atoms with van der Waals surface area (Å²) in [6.45, 7) is 2.13. The molecule has 1 spiro atoms. The number of nitrogens with zero attached hydrogens (tertiary/aromatic N) is 3. The lowest BCUT2D eigenvalue weighted by Crippen LogP contribution is -2.59. The summed E-state index contributed by atoms with van der Waals surface area (Å²) in [7, 11) is 0. The maximum Gasteiger partial charge on any atom is 0.276 e. The van der Waals surface area contributed by atoms with Crippen LogP contribution in [0, 0.1) is 0 Å². The van der Waals surface area contributed by atoms with Gasteiger partial charge in [-0.15, -0.1) is 5.10 Å². The van der Waals surface area contributed by atoms with Crippen LogP contribution in [0.15, 0.2) is 34.4 Å². The zero-order valence-electron chi connectivity index (χ0n) is 13.9. The molecule has 0 bridgehead atoms.